The number of anilines is 2. The van der Waals surface area contributed by atoms with Gasteiger partial charge in [0.2, 0.25) is 0 Å². The fourth-order valence-corrected chi connectivity index (χ4v) is 2.01. The zero-order valence-electron chi connectivity index (χ0n) is 9.85. The van der Waals surface area contributed by atoms with E-state index in [-0.39, 0.29) is 0 Å². The molecule has 1 aliphatic heterocycles. The number of hydrogen-bond donors (Lipinski definition) is 2. The number of aliphatic imine (C=N–C) groups is 1. The normalized spacial score (nSPS) is 12.3. The largest absolute Gasteiger partial charge is 0.353 e. The predicted octanol–water partition coefficient (Wildman–Crippen LogP) is 3.56. The summed E-state index contributed by atoms with van der Waals surface area (Å²) < 4.78 is 0. The van der Waals surface area contributed by atoms with Crippen LogP contribution >= 0.6 is 0 Å². The molecule has 0 atom stereocenters. The van der Waals surface area contributed by atoms with Gasteiger partial charge in [-0.15, -0.1) is 0 Å². The third-order valence-electron chi connectivity index (χ3n) is 2.83. The number of amidine groups is 1. The fraction of sp³-hybridized carbons (Fsp3) is 0. The Balaban J connectivity index is 2.22. The van der Waals surface area contributed by atoms with E-state index in [1.807, 2.05) is 48.5 Å². The summed E-state index contributed by atoms with van der Waals surface area (Å²) in [5.74, 6) is 0.804. The molecule has 0 spiro atoms. The Morgan fingerprint density at radius 1 is 1.00 bits per heavy atom. The molecule has 0 bridgehead atoms. The summed E-state index contributed by atoms with van der Waals surface area (Å²) in [5.41, 5.74) is 3.99. The maximum atomic E-state index is 4.64. The highest BCUT2D eigenvalue weighted by Gasteiger charge is 2.14. The van der Waals surface area contributed by atoms with E-state index in [1.165, 1.54) is 0 Å². The second kappa shape index (κ2) is 4.37. The standard InChI is InChI=1S/C15H13N3/c1-2-16-15-11-7-3-4-8-12(11)17-13-9-5-6-10-14(13)18-15/h2-10,17H,1H2,(H,16,18). The maximum Gasteiger partial charge on any atom is 0.140 e. The molecule has 0 unspecified atom stereocenters. The first-order valence-electron chi connectivity index (χ1n) is 5.80. The van der Waals surface area contributed by atoms with Crippen LogP contribution in [-0.4, -0.2) is 5.84 Å². The lowest BCUT2D eigenvalue weighted by Gasteiger charge is -2.09. The van der Waals surface area contributed by atoms with Crippen molar-refractivity contribution in [3.8, 4) is 0 Å². The van der Waals surface area contributed by atoms with Gasteiger partial charge in [-0.25, -0.2) is 4.99 Å². The zero-order valence-corrected chi connectivity index (χ0v) is 9.85. The van der Waals surface area contributed by atoms with Gasteiger partial charge in [0.1, 0.15) is 5.84 Å². The first-order chi connectivity index (χ1) is 8.88. The molecule has 0 radical (unpaired) electrons. The number of rotatable bonds is 1. The van der Waals surface area contributed by atoms with Crippen molar-refractivity contribution in [2.75, 3.05) is 5.32 Å². The van der Waals surface area contributed by atoms with Crippen LogP contribution in [-0.2, 0) is 0 Å². The number of fused-ring (bicyclic) bond motifs is 2. The maximum absolute atomic E-state index is 4.64. The Bertz CT molecular complexity index is 629. The van der Waals surface area contributed by atoms with E-state index in [0.29, 0.717) is 0 Å². The minimum atomic E-state index is 0.804. The fourth-order valence-electron chi connectivity index (χ4n) is 2.01. The zero-order chi connectivity index (χ0) is 12.4. The lowest BCUT2D eigenvalue weighted by Crippen LogP contribution is -2.18. The summed E-state index contributed by atoms with van der Waals surface area (Å²) in [7, 11) is 0. The van der Waals surface area contributed by atoms with Gasteiger partial charge in [0.05, 0.1) is 11.4 Å². The highest BCUT2D eigenvalue weighted by Crippen LogP contribution is 2.33. The van der Waals surface area contributed by atoms with Gasteiger partial charge < -0.3 is 10.6 Å². The molecule has 0 saturated heterocycles. The molecule has 2 aromatic rings. The number of nitrogens with one attached hydrogen (secondary N) is 2. The number of hydrogen-bond acceptors (Lipinski definition) is 3. The monoisotopic (exact) mass is 235 g/mol. The van der Waals surface area contributed by atoms with E-state index in [2.05, 4.69) is 22.2 Å². The topological polar surface area (TPSA) is 36.4 Å². The van der Waals surface area contributed by atoms with E-state index < -0.39 is 0 Å². The van der Waals surface area contributed by atoms with Crippen LogP contribution in [0.4, 0.5) is 17.1 Å². The smallest absolute Gasteiger partial charge is 0.140 e. The summed E-state index contributed by atoms with van der Waals surface area (Å²) in [6.45, 7) is 3.70. The predicted molar refractivity (Wildman–Crippen MR) is 75.7 cm³/mol. The van der Waals surface area contributed by atoms with E-state index in [1.54, 1.807) is 6.20 Å². The molecule has 0 aromatic heterocycles. The van der Waals surface area contributed by atoms with E-state index in [0.717, 1.165) is 28.5 Å². The molecule has 3 rings (SSSR count). The van der Waals surface area contributed by atoms with Crippen LogP contribution in [0.1, 0.15) is 5.56 Å². The van der Waals surface area contributed by atoms with Gasteiger partial charge in [0.15, 0.2) is 0 Å². The lowest BCUT2D eigenvalue weighted by atomic mass is 10.1. The summed E-state index contributed by atoms with van der Waals surface area (Å²) in [4.78, 5) is 4.64. The van der Waals surface area contributed by atoms with Gasteiger partial charge in [-0.2, -0.15) is 0 Å². The summed E-state index contributed by atoms with van der Waals surface area (Å²) in [5, 5.41) is 6.50. The van der Waals surface area contributed by atoms with Crippen molar-refractivity contribution in [1.82, 2.24) is 5.32 Å². The molecule has 0 aliphatic carbocycles. The van der Waals surface area contributed by atoms with Crippen LogP contribution in [0.2, 0.25) is 0 Å². The number of nitrogens with zero attached hydrogens (tertiary/aromatic N) is 1. The van der Waals surface area contributed by atoms with Crippen molar-refractivity contribution in [3.63, 3.8) is 0 Å². The van der Waals surface area contributed by atoms with Crippen molar-refractivity contribution >= 4 is 22.9 Å². The van der Waals surface area contributed by atoms with Crippen molar-refractivity contribution in [2.24, 2.45) is 4.99 Å². The van der Waals surface area contributed by atoms with E-state index in [9.17, 15) is 0 Å². The minimum absolute atomic E-state index is 0.804. The van der Waals surface area contributed by atoms with Gasteiger partial charge in [0, 0.05) is 11.3 Å². The van der Waals surface area contributed by atoms with E-state index in [4.69, 9.17) is 0 Å². The first-order valence-corrected chi connectivity index (χ1v) is 5.80. The molecule has 1 aliphatic rings. The van der Waals surface area contributed by atoms with E-state index >= 15 is 0 Å². The first kappa shape index (κ1) is 10.6. The summed E-state index contributed by atoms with van der Waals surface area (Å²) >= 11 is 0. The minimum Gasteiger partial charge on any atom is -0.353 e. The second-order valence-corrected chi connectivity index (χ2v) is 4.00. The Hall–Kier alpha value is -2.55. The molecule has 18 heavy (non-hydrogen) atoms. The third-order valence-corrected chi connectivity index (χ3v) is 2.83. The highest BCUT2D eigenvalue weighted by atomic mass is 15.0. The molecule has 0 saturated carbocycles. The van der Waals surface area contributed by atoms with Crippen LogP contribution < -0.4 is 10.6 Å². The summed E-state index contributed by atoms with van der Waals surface area (Å²) in [6, 6.07) is 16.1. The molecule has 0 fully saturated rings. The van der Waals surface area contributed by atoms with Gasteiger partial charge in [-0.05, 0) is 30.5 Å². The van der Waals surface area contributed by atoms with Crippen molar-refractivity contribution in [3.05, 3.63) is 66.9 Å². The van der Waals surface area contributed by atoms with Crippen LogP contribution in [0, 0.1) is 0 Å². The Labute approximate surface area is 106 Å². The average molecular weight is 235 g/mol. The van der Waals surface area contributed by atoms with Crippen molar-refractivity contribution in [1.29, 1.82) is 0 Å². The van der Waals surface area contributed by atoms with Gasteiger partial charge in [0.25, 0.3) is 0 Å². The molecule has 3 nitrogen and oxygen atoms in total. The molecular weight excluding hydrogens is 222 g/mol. The van der Waals surface area contributed by atoms with Crippen LogP contribution in [0.15, 0.2) is 66.3 Å². The second-order valence-electron chi connectivity index (χ2n) is 4.00. The lowest BCUT2D eigenvalue weighted by molar-refractivity contribution is 1.26. The highest BCUT2D eigenvalue weighted by molar-refractivity contribution is 6.08. The molecule has 88 valence electrons. The number of para-hydroxylation sites is 3. The SMILES string of the molecule is C=CNC1=Nc2ccccc2Nc2ccccc21. The Kier molecular flexibility index (Phi) is 2.57. The third kappa shape index (κ3) is 1.76. The van der Waals surface area contributed by atoms with Crippen LogP contribution in [0.3, 0.4) is 0 Å². The van der Waals surface area contributed by atoms with Crippen molar-refractivity contribution in [2.45, 2.75) is 0 Å². The molecule has 0 amide bonds. The molecule has 2 N–H and O–H groups in total. The van der Waals surface area contributed by atoms with Crippen molar-refractivity contribution < 1.29 is 0 Å². The molecule has 2 aromatic carbocycles. The molecular formula is C15H13N3. The van der Waals surface area contributed by atoms with Gasteiger partial charge in [-0.3, -0.25) is 0 Å². The molecule has 3 heteroatoms. The van der Waals surface area contributed by atoms with Crippen LogP contribution in [0.5, 0.6) is 0 Å². The Morgan fingerprint density at radius 2 is 1.72 bits per heavy atom. The Morgan fingerprint density at radius 3 is 2.56 bits per heavy atom. The summed E-state index contributed by atoms with van der Waals surface area (Å²) in [6.07, 6.45) is 1.64. The van der Waals surface area contributed by atoms with Gasteiger partial charge in [-0.1, -0.05) is 30.8 Å². The number of benzene rings is 2. The molecule has 1 heterocycles. The van der Waals surface area contributed by atoms with Crippen LogP contribution in [0.25, 0.3) is 0 Å². The quantitative estimate of drug-likeness (QED) is 0.793. The average Bonchev–Trinajstić information content (AvgIpc) is 2.56. The van der Waals surface area contributed by atoms with Gasteiger partial charge >= 0.3 is 0 Å².